The molecule has 2 nitrogen and oxygen atoms in total. The third kappa shape index (κ3) is 5.22. The summed E-state index contributed by atoms with van der Waals surface area (Å²) in [5.41, 5.74) is 1.24. The number of aryl methyl sites for hydroxylation is 1. The number of aliphatic hydroxyl groups excluding tert-OH is 1. The molecule has 0 spiro atoms. The average molecular weight is 279 g/mol. The van der Waals surface area contributed by atoms with E-state index in [4.69, 9.17) is 5.11 Å². The highest BCUT2D eigenvalue weighted by molar-refractivity contribution is 5.16. The van der Waals surface area contributed by atoms with E-state index >= 15 is 0 Å². The second kappa shape index (κ2) is 8.38. The van der Waals surface area contributed by atoms with Crippen molar-refractivity contribution in [2.45, 2.75) is 38.5 Å². The van der Waals surface area contributed by atoms with E-state index in [1.807, 2.05) is 12.1 Å². The summed E-state index contributed by atoms with van der Waals surface area (Å²) in [4.78, 5) is 2.54. The van der Waals surface area contributed by atoms with Gasteiger partial charge in [0.25, 0.3) is 0 Å². The summed E-state index contributed by atoms with van der Waals surface area (Å²) in [6.45, 7) is 3.82. The summed E-state index contributed by atoms with van der Waals surface area (Å²) < 4.78 is 12.9. The zero-order valence-electron chi connectivity index (χ0n) is 12.2. The first-order valence-corrected chi connectivity index (χ1v) is 7.85. The van der Waals surface area contributed by atoms with Crippen LogP contribution in [-0.4, -0.2) is 36.2 Å². The summed E-state index contributed by atoms with van der Waals surface area (Å²) in [7, 11) is 0. The van der Waals surface area contributed by atoms with Crippen LogP contribution in [0.25, 0.3) is 0 Å². The fourth-order valence-corrected chi connectivity index (χ4v) is 3.06. The molecule has 3 heteroatoms. The van der Waals surface area contributed by atoms with E-state index in [1.54, 1.807) is 12.1 Å². The van der Waals surface area contributed by atoms with Crippen molar-refractivity contribution in [2.24, 2.45) is 5.92 Å². The molecule has 1 unspecified atom stereocenters. The van der Waals surface area contributed by atoms with Crippen molar-refractivity contribution in [2.75, 3.05) is 26.2 Å². The number of halogens is 1. The second-order valence-corrected chi connectivity index (χ2v) is 5.90. The van der Waals surface area contributed by atoms with E-state index in [2.05, 4.69) is 4.90 Å². The molecule has 1 saturated heterocycles. The Labute approximate surface area is 121 Å². The molecule has 1 heterocycles. The van der Waals surface area contributed by atoms with Gasteiger partial charge in [0, 0.05) is 13.2 Å². The average Bonchev–Trinajstić information content (AvgIpc) is 2.47. The molecule has 0 aliphatic carbocycles. The van der Waals surface area contributed by atoms with E-state index in [0.717, 1.165) is 31.7 Å². The number of aliphatic hydroxyl groups is 1. The molecule has 1 aliphatic rings. The minimum atomic E-state index is -0.151. The van der Waals surface area contributed by atoms with Crippen molar-refractivity contribution < 1.29 is 9.50 Å². The molecule has 1 N–H and O–H groups in total. The number of hydrogen-bond donors (Lipinski definition) is 1. The third-order valence-corrected chi connectivity index (χ3v) is 4.24. The zero-order chi connectivity index (χ0) is 14.2. The minimum absolute atomic E-state index is 0.151. The summed E-state index contributed by atoms with van der Waals surface area (Å²) in [5.74, 6) is 0.615. The number of likely N-dealkylation sites (tertiary alicyclic amines) is 1. The quantitative estimate of drug-likeness (QED) is 0.775. The van der Waals surface area contributed by atoms with Crippen molar-refractivity contribution in [3.63, 3.8) is 0 Å². The smallest absolute Gasteiger partial charge is 0.123 e. The number of rotatable bonds is 7. The Hall–Kier alpha value is -0.930. The van der Waals surface area contributed by atoms with Crippen LogP contribution in [0.5, 0.6) is 0 Å². The molecule has 1 aromatic carbocycles. The lowest BCUT2D eigenvalue weighted by atomic mass is 9.91. The molecular formula is C17H26FNO. The molecule has 1 aliphatic heterocycles. The molecule has 112 valence electrons. The van der Waals surface area contributed by atoms with Gasteiger partial charge in [0.2, 0.25) is 0 Å². The molecular weight excluding hydrogens is 253 g/mol. The predicted molar refractivity (Wildman–Crippen MR) is 80.2 cm³/mol. The van der Waals surface area contributed by atoms with Gasteiger partial charge < -0.3 is 10.0 Å². The Balaban J connectivity index is 1.71. The number of nitrogens with zero attached hydrogens (tertiary/aromatic N) is 1. The topological polar surface area (TPSA) is 23.5 Å². The number of piperidine rings is 1. The summed E-state index contributed by atoms with van der Waals surface area (Å²) >= 11 is 0. The van der Waals surface area contributed by atoms with Gasteiger partial charge in [-0.1, -0.05) is 12.1 Å². The van der Waals surface area contributed by atoms with Gasteiger partial charge in [-0.3, -0.25) is 0 Å². The van der Waals surface area contributed by atoms with Crippen LogP contribution < -0.4 is 0 Å². The summed E-state index contributed by atoms with van der Waals surface area (Å²) in [5, 5.41) is 8.83. The third-order valence-electron chi connectivity index (χ3n) is 4.24. The van der Waals surface area contributed by atoms with E-state index < -0.39 is 0 Å². The van der Waals surface area contributed by atoms with Crippen molar-refractivity contribution >= 4 is 0 Å². The highest BCUT2D eigenvalue weighted by atomic mass is 19.1. The van der Waals surface area contributed by atoms with E-state index in [-0.39, 0.29) is 5.82 Å². The summed E-state index contributed by atoms with van der Waals surface area (Å²) in [6, 6.07) is 6.91. The normalized spacial score (nSPS) is 20.2. The number of benzene rings is 1. The van der Waals surface area contributed by atoms with Crippen LogP contribution in [0.4, 0.5) is 4.39 Å². The summed E-state index contributed by atoms with van der Waals surface area (Å²) in [6.07, 6.45) is 6.86. The molecule has 2 rings (SSSR count). The van der Waals surface area contributed by atoms with Crippen LogP contribution in [0.15, 0.2) is 24.3 Å². The van der Waals surface area contributed by atoms with Gasteiger partial charge in [-0.05, 0) is 75.2 Å². The largest absolute Gasteiger partial charge is 0.396 e. The first kappa shape index (κ1) is 15.5. The number of hydrogen-bond acceptors (Lipinski definition) is 2. The molecule has 0 aromatic heterocycles. The fraction of sp³-hybridized carbons (Fsp3) is 0.647. The first-order chi connectivity index (χ1) is 9.78. The van der Waals surface area contributed by atoms with Gasteiger partial charge in [-0.15, -0.1) is 0 Å². The molecule has 1 aromatic rings. The van der Waals surface area contributed by atoms with Crippen LogP contribution in [0.1, 0.15) is 37.7 Å². The standard InChI is InChI=1S/C17H26FNO/c18-17-9-7-15(8-10-17)5-6-16-4-3-12-19(14-16)11-1-2-13-20/h7-10,16,20H,1-6,11-14H2. The van der Waals surface area contributed by atoms with Gasteiger partial charge in [0.15, 0.2) is 0 Å². The van der Waals surface area contributed by atoms with Gasteiger partial charge in [-0.25, -0.2) is 4.39 Å². The van der Waals surface area contributed by atoms with Crippen molar-refractivity contribution in [1.82, 2.24) is 4.90 Å². The minimum Gasteiger partial charge on any atom is -0.396 e. The fourth-order valence-electron chi connectivity index (χ4n) is 3.06. The first-order valence-electron chi connectivity index (χ1n) is 7.85. The monoisotopic (exact) mass is 279 g/mol. The van der Waals surface area contributed by atoms with E-state index in [0.29, 0.717) is 6.61 Å². The lowest BCUT2D eigenvalue weighted by molar-refractivity contribution is 0.162. The SMILES string of the molecule is OCCCCN1CCCC(CCc2ccc(F)cc2)C1. The Morgan fingerprint density at radius 2 is 2.00 bits per heavy atom. The van der Waals surface area contributed by atoms with Crippen LogP contribution >= 0.6 is 0 Å². The van der Waals surface area contributed by atoms with Crippen LogP contribution in [0.2, 0.25) is 0 Å². The van der Waals surface area contributed by atoms with Crippen LogP contribution in [0.3, 0.4) is 0 Å². The van der Waals surface area contributed by atoms with Gasteiger partial charge in [0.05, 0.1) is 0 Å². The molecule has 20 heavy (non-hydrogen) atoms. The van der Waals surface area contributed by atoms with E-state index in [1.165, 1.54) is 37.9 Å². The van der Waals surface area contributed by atoms with Crippen molar-refractivity contribution in [3.05, 3.63) is 35.6 Å². The van der Waals surface area contributed by atoms with E-state index in [9.17, 15) is 4.39 Å². The van der Waals surface area contributed by atoms with Crippen molar-refractivity contribution in [3.8, 4) is 0 Å². The highest BCUT2D eigenvalue weighted by Crippen LogP contribution is 2.22. The molecule has 0 saturated carbocycles. The lowest BCUT2D eigenvalue weighted by Crippen LogP contribution is -2.36. The molecule has 0 bridgehead atoms. The maximum Gasteiger partial charge on any atom is 0.123 e. The Morgan fingerprint density at radius 3 is 2.75 bits per heavy atom. The lowest BCUT2D eigenvalue weighted by Gasteiger charge is -2.32. The second-order valence-electron chi connectivity index (χ2n) is 5.90. The molecule has 0 amide bonds. The number of unbranched alkanes of at least 4 members (excludes halogenated alkanes) is 1. The van der Waals surface area contributed by atoms with Crippen LogP contribution in [0, 0.1) is 11.7 Å². The highest BCUT2D eigenvalue weighted by Gasteiger charge is 2.19. The molecule has 0 radical (unpaired) electrons. The Bertz CT molecular complexity index is 379. The van der Waals surface area contributed by atoms with Gasteiger partial charge in [-0.2, -0.15) is 0 Å². The Kier molecular flexibility index (Phi) is 6.48. The molecule has 1 fully saturated rings. The maximum absolute atomic E-state index is 12.9. The Morgan fingerprint density at radius 1 is 1.20 bits per heavy atom. The van der Waals surface area contributed by atoms with Crippen molar-refractivity contribution in [1.29, 1.82) is 0 Å². The van der Waals surface area contributed by atoms with Gasteiger partial charge in [0.1, 0.15) is 5.82 Å². The van der Waals surface area contributed by atoms with Crippen LogP contribution in [-0.2, 0) is 6.42 Å². The predicted octanol–water partition coefficient (Wildman–Crippen LogP) is 3.24. The van der Waals surface area contributed by atoms with Gasteiger partial charge >= 0.3 is 0 Å². The maximum atomic E-state index is 12.9. The molecule has 1 atom stereocenters. The zero-order valence-corrected chi connectivity index (χ0v) is 12.2.